The minimum atomic E-state index is -3.32. The SMILES string of the molecule is CS(=O)(=O)c1ccc(C(=O)OCC(=O)NCc2ccccc2)cc1. The lowest BCUT2D eigenvalue weighted by molar-refractivity contribution is -0.124. The van der Waals surface area contributed by atoms with Crippen LogP contribution in [0.15, 0.2) is 59.5 Å². The summed E-state index contributed by atoms with van der Waals surface area (Å²) in [6.45, 7) is -0.0558. The molecule has 6 nitrogen and oxygen atoms in total. The van der Waals surface area contributed by atoms with Crippen LogP contribution in [0.3, 0.4) is 0 Å². The van der Waals surface area contributed by atoms with Gasteiger partial charge in [-0.15, -0.1) is 0 Å². The van der Waals surface area contributed by atoms with Crippen molar-refractivity contribution in [2.24, 2.45) is 0 Å². The molecular formula is C17H17NO5S. The predicted molar refractivity (Wildman–Crippen MR) is 88.1 cm³/mol. The summed E-state index contributed by atoms with van der Waals surface area (Å²) in [4.78, 5) is 23.6. The fourth-order valence-corrected chi connectivity index (χ4v) is 2.53. The van der Waals surface area contributed by atoms with Crippen LogP contribution in [-0.2, 0) is 25.9 Å². The lowest BCUT2D eigenvalue weighted by Crippen LogP contribution is -2.28. The van der Waals surface area contributed by atoms with Crippen molar-refractivity contribution in [3.05, 3.63) is 65.7 Å². The van der Waals surface area contributed by atoms with Crippen LogP contribution >= 0.6 is 0 Å². The van der Waals surface area contributed by atoms with Gasteiger partial charge in [-0.3, -0.25) is 4.79 Å². The van der Waals surface area contributed by atoms with Gasteiger partial charge in [-0.1, -0.05) is 30.3 Å². The van der Waals surface area contributed by atoms with E-state index in [0.717, 1.165) is 11.8 Å². The zero-order chi connectivity index (χ0) is 17.6. The highest BCUT2D eigenvalue weighted by Crippen LogP contribution is 2.11. The van der Waals surface area contributed by atoms with Crippen molar-refractivity contribution in [3.63, 3.8) is 0 Å². The molecule has 0 heterocycles. The fourth-order valence-electron chi connectivity index (χ4n) is 1.90. The molecule has 0 aromatic heterocycles. The molecule has 0 aliphatic rings. The fraction of sp³-hybridized carbons (Fsp3) is 0.176. The zero-order valence-corrected chi connectivity index (χ0v) is 13.9. The number of carbonyl (C=O) groups is 2. The van der Waals surface area contributed by atoms with Gasteiger partial charge < -0.3 is 10.1 Å². The Morgan fingerprint density at radius 1 is 1.00 bits per heavy atom. The van der Waals surface area contributed by atoms with E-state index in [-0.39, 0.29) is 10.5 Å². The molecule has 1 N–H and O–H groups in total. The minimum absolute atomic E-state index is 0.111. The Kier molecular flexibility index (Phi) is 5.70. The predicted octanol–water partition coefficient (Wildman–Crippen LogP) is 1.56. The molecule has 0 saturated heterocycles. The molecule has 0 unspecified atom stereocenters. The summed E-state index contributed by atoms with van der Waals surface area (Å²) in [6, 6.07) is 14.7. The first-order valence-electron chi connectivity index (χ1n) is 7.14. The van der Waals surface area contributed by atoms with Gasteiger partial charge in [0.1, 0.15) is 0 Å². The van der Waals surface area contributed by atoms with E-state index in [4.69, 9.17) is 4.74 Å². The molecule has 2 aromatic carbocycles. The van der Waals surface area contributed by atoms with Crippen molar-refractivity contribution in [3.8, 4) is 0 Å². The third kappa shape index (κ3) is 5.20. The summed E-state index contributed by atoms with van der Waals surface area (Å²) in [5, 5.41) is 2.64. The van der Waals surface area contributed by atoms with Crippen molar-refractivity contribution in [2.75, 3.05) is 12.9 Å². The van der Waals surface area contributed by atoms with Crippen LogP contribution in [0, 0.1) is 0 Å². The van der Waals surface area contributed by atoms with Gasteiger partial charge in [0, 0.05) is 12.8 Å². The molecule has 2 rings (SSSR count). The van der Waals surface area contributed by atoms with Crippen molar-refractivity contribution >= 4 is 21.7 Å². The number of benzene rings is 2. The molecule has 1 amide bonds. The molecule has 0 aliphatic carbocycles. The molecule has 0 radical (unpaired) electrons. The summed E-state index contributed by atoms with van der Waals surface area (Å²) < 4.78 is 27.6. The van der Waals surface area contributed by atoms with Crippen LogP contribution in [0.5, 0.6) is 0 Å². The van der Waals surface area contributed by atoms with E-state index >= 15 is 0 Å². The molecule has 126 valence electrons. The van der Waals surface area contributed by atoms with E-state index in [2.05, 4.69) is 5.32 Å². The highest BCUT2D eigenvalue weighted by molar-refractivity contribution is 7.90. The van der Waals surface area contributed by atoms with Crippen LogP contribution in [0.2, 0.25) is 0 Å². The first kappa shape index (κ1) is 17.7. The first-order valence-corrected chi connectivity index (χ1v) is 9.03. The number of carbonyl (C=O) groups excluding carboxylic acids is 2. The maximum absolute atomic E-state index is 11.8. The molecule has 0 aliphatic heterocycles. The van der Waals surface area contributed by atoms with Crippen LogP contribution in [-0.4, -0.2) is 33.2 Å². The Bertz CT molecular complexity index is 814. The van der Waals surface area contributed by atoms with Gasteiger partial charge in [-0.05, 0) is 29.8 Å². The molecule has 0 spiro atoms. The van der Waals surface area contributed by atoms with Crippen molar-refractivity contribution in [1.82, 2.24) is 5.32 Å². The minimum Gasteiger partial charge on any atom is -0.452 e. The summed E-state index contributed by atoms with van der Waals surface area (Å²) in [5.41, 5.74) is 1.12. The maximum Gasteiger partial charge on any atom is 0.338 e. The van der Waals surface area contributed by atoms with E-state index in [1.54, 1.807) is 0 Å². The summed E-state index contributed by atoms with van der Waals surface area (Å²) in [5.74, 6) is -1.11. The standard InChI is InChI=1S/C17H17NO5S/c1-24(21,22)15-9-7-14(8-10-15)17(20)23-12-16(19)18-11-13-5-3-2-4-6-13/h2-10H,11-12H2,1H3,(H,18,19). The Balaban J connectivity index is 1.83. The van der Waals surface area contributed by atoms with Crippen LogP contribution in [0.1, 0.15) is 15.9 Å². The topological polar surface area (TPSA) is 89.5 Å². The maximum atomic E-state index is 11.8. The Morgan fingerprint density at radius 3 is 2.21 bits per heavy atom. The third-order valence-electron chi connectivity index (χ3n) is 3.19. The lowest BCUT2D eigenvalue weighted by Gasteiger charge is -2.07. The molecule has 2 aromatic rings. The Hall–Kier alpha value is -2.67. The number of hydrogen-bond acceptors (Lipinski definition) is 5. The number of sulfone groups is 1. The number of rotatable bonds is 6. The summed E-state index contributed by atoms with van der Waals surface area (Å²) >= 11 is 0. The van der Waals surface area contributed by atoms with Gasteiger partial charge >= 0.3 is 5.97 Å². The van der Waals surface area contributed by atoms with E-state index in [9.17, 15) is 18.0 Å². The van der Waals surface area contributed by atoms with E-state index in [1.165, 1.54) is 24.3 Å². The highest BCUT2D eigenvalue weighted by atomic mass is 32.2. The van der Waals surface area contributed by atoms with Gasteiger partial charge in [0.15, 0.2) is 16.4 Å². The summed E-state index contributed by atoms with van der Waals surface area (Å²) in [6.07, 6.45) is 1.08. The second-order valence-electron chi connectivity index (χ2n) is 5.14. The smallest absolute Gasteiger partial charge is 0.338 e. The molecular weight excluding hydrogens is 330 g/mol. The number of esters is 1. The number of amides is 1. The number of nitrogens with one attached hydrogen (secondary N) is 1. The van der Waals surface area contributed by atoms with Crippen molar-refractivity contribution < 1.29 is 22.7 Å². The second-order valence-corrected chi connectivity index (χ2v) is 7.15. The molecule has 0 bridgehead atoms. The van der Waals surface area contributed by atoms with Crippen molar-refractivity contribution in [1.29, 1.82) is 0 Å². The van der Waals surface area contributed by atoms with E-state index in [1.807, 2.05) is 30.3 Å². The zero-order valence-electron chi connectivity index (χ0n) is 13.1. The van der Waals surface area contributed by atoms with Gasteiger partial charge in [0.05, 0.1) is 10.5 Å². The lowest BCUT2D eigenvalue weighted by atomic mass is 10.2. The van der Waals surface area contributed by atoms with Gasteiger partial charge in [0.2, 0.25) is 0 Å². The molecule has 24 heavy (non-hydrogen) atoms. The highest BCUT2D eigenvalue weighted by Gasteiger charge is 2.12. The van der Waals surface area contributed by atoms with Gasteiger partial charge in [-0.2, -0.15) is 0 Å². The van der Waals surface area contributed by atoms with Crippen LogP contribution < -0.4 is 5.32 Å². The van der Waals surface area contributed by atoms with Gasteiger partial charge in [0.25, 0.3) is 5.91 Å². The first-order chi connectivity index (χ1) is 11.4. The molecule has 0 fully saturated rings. The van der Waals surface area contributed by atoms with Crippen LogP contribution in [0.4, 0.5) is 0 Å². The molecule has 0 atom stereocenters. The Labute approximate surface area is 140 Å². The van der Waals surface area contributed by atoms with E-state index < -0.39 is 28.3 Å². The average Bonchev–Trinajstić information content (AvgIpc) is 2.58. The number of hydrogen-bond donors (Lipinski definition) is 1. The van der Waals surface area contributed by atoms with E-state index in [0.29, 0.717) is 6.54 Å². The quantitative estimate of drug-likeness (QED) is 0.801. The summed E-state index contributed by atoms with van der Waals surface area (Å²) in [7, 11) is -3.32. The number of ether oxygens (including phenoxy) is 1. The molecule has 7 heteroatoms. The Morgan fingerprint density at radius 2 is 1.62 bits per heavy atom. The van der Waals surface area contributed by atoms with Crippen molar-refractivity contribution in [2.45, 2.75) is 11.4 Å². The molecule has 0 saturated carbocycles. The normalized spacial score (nSPS) is 10.9. The second kappa shape index (κ2) is 7.74. The monoisotopic (exact) mass is 347 g/mol. The average molecular weight is 347 g/mol. The largest absolute Gasteiger partial charge is 0.452 e. The van der Waals surface area contributed by atoms with Gasteiger partial charge in [-0.25, -0.2) is 13.2 Å². The van der Waals surface area contributed by atoms with Crippen LogP contribution in [0.25, 0.3) is 0 Å². The third-order valence-corrected chi connectivity index (χ3v) is 4.31.